The van der Waals surface area contributed by atoms with Crippen molar-refractivity contribution in [3.63, 3.8) is 0 Å². The molecule has 164 valence electrons. The molecule has 2 heterocycles. The summed E-state index contributed by atoms with van der Waals surface area (Å²) >= 11 is 0. The molecule has 30 heavy (non-hydrogen) atoms. The Labute approximate surface area is 176 Å². The first-order chi connectivity index (χ1) is 14.6. The Morgan fingerprint density at radius 1 is 1.23 bits per heavy atom. The van der Waals surface area contributed by atoms with Crippen molar-refractivity contribution in [2.45, 2.75) is 68.8 Å². The number of aliphatic hydroxyl groups excluding tert-OH is 1. The maximum Gasteiger partial charge on any atom is 0.250 e. The van der Waals surface area contributed by atoms with Crippen molar-refractivity contribution < 1.29 is 28.9 Å². The molecule has 0 bridgehead atoms. The summed E-state index contributed by atoms with van der Waals surface area (Å²) in [4.78, 5) is 24.3. The average Bonchev–Trinajstić information content (AvgIpc) is 3.35. The molecule has 1 aromatic rings. The number of ether oxygens (including phenoxy) is 3. The van der Waals surface area contributed by atoms with Crippen LogP contribution in [0.3, 0.4) is 0 Å². The van der Waals surface area contributed by atoms with E-state index >= 15 is 0 Å². The Morgan fingerprint density at radius 2 is 2.03 bits per heavy atom. The van der Waals surface area contributed by atoms with E-state index in [0.29, 0.717) is 12.1 Å². The van der Waals surface area contributed by atoms with Gasteiger partial charge in [-0.2, -0.15) is 0 Å². The molecular formula is C22H30N2O6. The molecule has 1 aliphatic carbocycles. The molecule has 2 amide bonds. The average molecular weight is 418 g/mol. The molecule has 4 rings (SSSR count). The quantitative estimate of drug-likeness (QED) is 0.623. The highest BCUT2D eigenvalue weighted by atomic mass is 16.6. The lowest BCUT2D eigenvalue weighted by Crippen LogP contribution is -2.47. The summed E-state index contributed by atoms with van der Waals surface area (Å²) in [6.07, 6.45) is 4.23. The van der Waals surface area contributed by atoms with E-state index in [0.717, 1.165) is 24.2 Å². The SMILES string of the molecule is COCC(=O)Nc1ccc2c(c1)[C@@H]1C[C@H](CC(=O)NC3CCCC3)O[C@@H](CO)[C@@H]1O2. The van der Waals surface area contributed by atoms with Crippen molar-refractivity contribution in [2.75, 3.05) is 25.6 Å². The van der Waals surface area contributed by atoms with Gasteiger partial charge in [0, 0.05) is 30.3 Å². The molecule has 8 heteroatoms. The minimum absolute atomic E-state index is 0.00163. The molecule has 1 saturated heterocycles. The Morgan fingerprint density at radius 3 is 2.77 bits per heavy atom. The summed E-state index contributed by atoms with van der Waals surface area (Å²) in [5.41, 5.74) is 1.64. The monoisotopic (exact) mass is 418 g/mol. The minimum Gasteiger partial charge on any atom is -0.487 e. The smallest absolute Gasteiger partial charge is 0.250 e. The summed E-state index contributed by atoms with van der Waals surface area (Å²) in [5, 5.41) is 15.8. The van der Waals surface area contributed by atoms with Crippen LogP contribution < -0.4 is 15.4 Å². The van der Waals surface area contributed by atoms with Crippen LogP contribution in [0, 0.1) is 0 Å². The van der Waals surface area contributed by atoms with Crippen LogP contribution in [-0.4, -0.2) is 61.6 Å². The van der Waals surface area contributed by atoms with E-state index in [1.165, 1.54) is 20.0 Å². The van der Waals surface area contributed by atoms with Gasteiger partial charge in [0.05, 0.1) is 19.1 Å². The van der Waals surface area contributed by atoms with E-state index in [9.17, 15) is 14.7 Å². The lowest BCUT2D eigenvalue weighted by molar-refractivity contribution is -0.142. The van der Waals surface area contributed by atoms with Crippen LogP contribution in [0.15, 0.2) is 18.2 Å². The third-order valence-electron chi connectivity index (χ3n) is 6.19. The van der Waals surface area contributed by atoms with Crippen LogP contribution >= 0.6 is 0 Å². The van der Waals surface area contributed by atoms with Gasteiger partial charge in [-0.05, 0) is 37.5 Å². The highest BCUT2D eigenvalue weighted by Gasteiger charge is 2.46. The van der Waals surface area contributed by atoms with Gasteiger partial charge >= 0.3 is 0 Å². The number of hydrogen-bond donors (Lipinski definition) is 3. The molecule has 3 aliphatic rings. The van der Waals surface area contributed by atoms with Crippen molar-refractivity contribution in [1.29, 1.82) is 0 Å². The molecule has 0 aromatic heterocycles. The predicted octanol–water partition coefficient (Wildman–Crippen LogP) is 1.71. The van der Waals surface area contributed by atoms with E-state index in [1.54, 1.807) is 6.07 Å². The van der Waals surface area contributed by atoms with Crippen molar-refractivity contribution in [1.82, 2.24) is 5.32 Å². The van der Waals surface area contributed by atoms with Gasteiger partial charge in [-0.1, -0.05) is 12.8 Å². The number of anilines is 1. The van der Waals surface area contributed by atoms with Gasteiger partial charge in [0.15, 0.2) is 0 Å². The topological polar surface area (TPSA) is 106 Å². The zero-order chi connectivity index (χ0) is 21.1. The third-order valence-corrected chi connectivity index (χ3v) is 6.19. The Balaban J connectivity index is 1.45. The number of hydrogen-bond acceptors (Lipinski definition) is 6. The molecule has 1 aromatic carbocycles. The second-order valence-corrected chi connectivity index (χ2v) is 8.39. The van der Waals surface area contributed by atoms with Crippen LogP contribution in [0.25, 0.3) is 0 Å². The molecule has 0 spiro atoms. The molecule has 2 aliphatic heterocycles. The Bertz CT molecular complexity index is 779. The second kappa shape index (κ2) is 9.32. The first-order valence-corrected chi connectivity index (χ1v) is 10.7. The zero-order valence-corrected chi connectivity index (χ0v) is 17.3. The number of nitrogens with one attached hydrogen (secondary N) is 2. The van der Waals surface area contributed by atoms with E-state index in [2.05, 4.69) is 10.6 Å². The fraction of sp³-hybridized carbons (Fsp3) is 0.636. The fourth-order valence-electron chi connectivity index (χ4n) is 4.86. The maximum absolute atomic E-state index is 12.5. The number of carbonyl (C=O) groups is 2. The van der Waals surface area contributed by atoms with Crippen LogP contribution in [0.2, 0.25) is 0 Å². The number of methoxy groups -OCH3 is 1. The molecule has 8 nitrogen and oxygen atoms in total. The molecule has 2 fully saturated rings. The van der Waals surface area contributed by atoms with E-state index < -0.39 is 6.10 Å². The van der Waals surface area contributed by atoms with Crippen molar-refractivity contribution in [3.8, 4) is 5.75 Å². The Hall–Kier alpha value is -2.16. The summed E-state index contributed by atoms with van der Waals surface area (Å²) in [6, 6.07) is 5.79. The summed E-state index contributed by atoms with van der Waals surface area (Å²) in [7, 11) is 1.47. The van der Waals surface area contributed by atoms with E-state index in [-0.39, 0.29) is 55.6 Å². The van der Waals surface area contributed by atoms with Gasteiger partial charge in [-0.15, -0.1) is 0 Å². The summed E-state index contributed by atoms with van der Waals surface area (Å²) in [5.74, 6) is 0.499. The maximum atomic E-state index is 12.5. The minimum atomic E-state index is -0.494. The number of rotatable bonds is 7. The van der Waals surface area contributed by atoms with Gasteiger partial charge < -0.3 is 30.0 Å². The largest absolute Gasteiger partial charge is 0.487 e. The number of aliphatic hydroxyl groups is 1. The van der Waals surface area contributed by atoms with Gasteiger partial charge in [0.1, 0.15) is 24.6 Å². The lowest BCUT2D eigenvalue weighted by atomic mass is 9.84. The molecule has 1 saturated carbocycles. The number of amides is 2. The lowest BCUT2D eigenvalue weighted by Gasteiger charge is -2.37. The van der Waals surface area contributed by atoms with E-state index in [4.69, 9.17) is 14.2 Å². The Kier molecular flexibility index (Phi) is 6.55. The van der Waals surface area contributed by atoms with Crippen LogP contribution in [-0.2, 0) is 19.1 Å². The first-order valence-electron chi connectivity index (χ1n) is 10.7. The van der Waals surface area contributed by atoms with Gasteiger partial charge in [-0.3, -0.25) is 9.59 Å². The van der Waals surface area contributed by atoms with Crippen molar-refractivity contribution in [2.24, 2.45) is 0 Å². The second-order valence-electron chi connectivity index (χ2n) is 8.39. The standard InChI is InChI=1S/C22H30N2O6/c1-28-12-21(27)24-14-6-7-18-16(8-14)17-9-15(29-19(11-25)22(17)30-18)10-20(26)23-13-4-2-3-5-13/h6-8,13,15,17,19,22,25H,2-5,9-12H2,1H3,(H,23,26)(H,24,27)/t15-,17+,19+,22-/m1/s1. The number of carbonyl (C=O) groups excluding carboxylic acids is 2. The first kappa shape index (κ1) is 21.1. The summed E-state index contributed by atoms with van der Waals surface area (Å²) < 4.78 is 16.9. The molecule has 3 N–H and O–H groups in total. The van der Waals surface area contributed by atoms with Gasteiger partial charge in [0.25, 0.3) is 0 Å². The molecule has 0 radical (unpaired) electrons. The van der Waals surface area contributed by atoms with E-state index in [1.807, 2.05) is 12.1 Å². The van der Waals surface area contributed by atoms with Crippen molar-refractivity contribution in [3.05, 3.63) is 23.8 Å². The van der Waals surface area contributed by atoms with Crippen LogP contribution in [0.1, 0.15) is 50.0 Å². The fourth-order valence-corrected chi connectivity index (χ4v) is 4.86. The molecule has 4 atom stereocenters. The van der Waals surface area contributed by atoms with Crippen molar-refractivity contribution >= 4 is 17.5 Å². The molecule has 0 unspecified atom stereocenters. The van der Waals surface area contributed by atoms with Crippen LogP contribution in [0.4, 0.5) is 5.69 Å². The molecular weight excluding hydrogens is 388 g/mol. The highest BCUT2D eigenvalue weighted by Crippen LogP contribution is 2.47. The number of fused-ring (bicyclic) bond motifs is 3. The van der Waals surface area contributed by atoms with Gasteiger partial charge in [0.2, 0.25) is 11.8 Å². The predicted molar refractivity (Wildman–Crippen MR) is 109 cm³/mol. The third kappa shape index (κ3) is 4.61. The summed E-state index contributed by atoms with van der Waals surface area (Å²) in [6.45, 7) is -0.189. The number of benzene rings is 1. The normalized spacial score (nSPS) is 27.8. The zero-order valence-electron chi connectivity index (χ0n) is 17.3. The highest BCUT2D eigenvalue weighted by molar-refractivity contribution is 5.91. The van der Waals surface area contributed by atoms with Crippen LogP contribution in [0.5, 0.6) is 5.75 Å². The van der Waals surface area contributed by atoms with Gasteiger partial charge in [-0.25, -0.2) is 0 Å².